The summed E-state index contributed by atoms with van der Waals surface area (Å²) in [5.41, 5.74) is 4.66. The number of aryl methyl sites for hydroxylation is 1. The maximum Gasteiger partial charge on any atom is 0.254 e. The van der Waals surface area contributed by atoms with Gasteiger partial charge in [0.25, 0.3) is 5.91 Å². The summed E-state index contributed by atoms with van der Waals surface area (Å²) >= 11 is 0. The molecule has 0 aliphatic carbocycles. The van der Waals surface area contributed by atoms with E-state index in [1.807, 2.05) is 31.2 Å². The summed E-state index contributed by atoms with van der Waals surface area (Å²) in [5.74, 6) is 0.545. The van der Waals surface area contributed by atoms with E-state index >= 15 is 0 Å². The van der Waals surface area contributed by atoms with Crippen molar-refractivity contribution < 1.29 is 4.79 Å². The molecule has 2 aromatic rings. The Kier molecular flexibility index (Phi) is 4.02. The van der Waals surface area contributed by atoms with Crippen LogP contribution in [-0.2, 0) is 6.42 Å². The van der Waals surface area contributed by atoms with Crippen LogP contribution < -0.4 is 0 Å². The monoisotopic (exact) mass is 293 g/mol. The van der Waals surface area contributed by atoms with Crippen LogP contribution in [0.2, 0.25) is 0 Å². The first-order chi connectivity index (χ1) is 10.6. The Morgan fingerprint density at radius 3 is 2.45 bits per heavy atom. The van der Waals surface area contributed by atoms with Gasteiger partial charge in [0.05, 0.1) is 6.04 Å². The summed E-state index contributed by atoms with van der Waals surface area (Å²) in [6.45, 7) is 7.24. The van der Waals surface area contributed by atoms with Gasteiger partial charge in [-0.1, -0.05) is 55.8 Å². The van der Waals surface area contributed by atoms with Gasteiger partial charge in [0.2, 0.25) is 0 Å². The maximum absolute atomic E-state index is 13.0. The van der Waals surface area contributed by atoms with Gasteiger partial charge in [0.1, 0.15) is 0 Å². The van der Waals surface area contributed by atoms with E-state index in [4.69, 9.17) is 0 Å². The second kappa shape index (κ2) is 5.96. The molecule has 0 fully saturated rings. The van der Waals surface area contributed by atoms with Crippen molar-refractivity contribution in [3.63, 3.8) is 0 Å². The number of carbonyl (C=O) groups is 1. The first kappa shape index (κ1) is 14.8. The number of hydrogen-bond acceptors (Lipinski definition) is 1. The van der Waals surface area contributed by atoms with Gasteiger partial charge in [-0.2, -0.15) is 0 Å². The van der Waals surface area contributed by atoms with Crippen LogP contribution in [0.25, 0.3) is 0 Å². The smallest absolute Gasteiger partial charge is 0.254 e. The Morgan fingerprint density at radius 2 is 1.77 bits per heavy atom. The fourth-order valence-corrected chi connectivity index (χ4v) is 3.41. The molecule has 0 spiro atoms. The molecule has 1 unspecified atom stereocenters. The van der Waals surface area contributed by atoms with Crippen LogP contribution >= 0.6 is 0 Å². The Balaban J connectivity index is 1.96. The standard InChI is InChI=1S/C20H23NO/c1-14(2)19-18-7-5-4-6-16(18)12-13-21(19)20(22)17-10-8-15(3)9-11-17/h4-11,14,19H,12-13H2,1-3H3. The molecule has 2 heteroatoms. The third-order valence-electron chi connectivity index (χ3n) is 4.52. The van der Waals surface area contributed by atoms with E-state index in [9.17, 15) is 4.79 Å². The number of amides is 1. The molecule has 3 rings (SSSR count). The van der Waals surface area contributed by atoms with Crippen molar-refractivity contribution in [2.24, 2.45) is 5.92 Å². The lowest BCUT2D eigenvalue weighted by Crippen LogP contribution is -2.42. The van der Waals surface area contributed by atoms with Gasteiger partial charge in [-0.05, 0) is 42.5 Å². The zero-order valence-corrected chi connectivity index (χ0v) is 13.5. The Bertz CT molecular complexity index is 672. The summed E-state index contributed by atoms with van der Waals surface area (Å²) in [5, 5.41) is 0. The number of benzene rings is 2. The average Bonchev–Trinajstić information content (AvgIpc) is 2.53. The number of hydrogen-bond donors (Lipinski definition) is 0. The molecule has 0 radical (unpaired) electrons. The van der Waals surface area contributed by atoms with Crippen LogP contribution in [0.1, 0.15) is 46.9 Å². The fraction of sp³-hybridized carbons (Fsp3) is 0.350. The lowest BCUT2D eigenvalue weighted by molar-refractivity contribution is 0.0603. The Hall–Kier alpha value is -2.09. The maximum atomic E-state index is 13.0. The topological polar surface area (TPSA) is 20.3 Å². The third kappa shape index (κ3) is 2.66. The van der Waals surface area contributed by atoms with Gasteiger partial charge in [0, 0.05) is 12.1 Å². The van der Waals surface area contributed by atoms with E-state index in [1.165, 1.54) is 16.7 Å². The highest BCUT2D eigenvalue weighted by Gasteiger charge is 2.32. The van der Waals surface area contributed by atoms with Crippen LogP contribution in [-0.4, -0.2) is 17.4 Å². The molecule has 22 heavy (non-hydrogen) atoms. The van der Waals surface area contributed by atoms with E-state index in [-0.39, 0.29) is 11.9 Å². The van der Waals surface area contributed by atoms with Crippen molar-refractivity contribution in [1.29, 1.82) is 0 Å². The normalized spacial score (nSPS) is 17.5. The second-order valence-electron chi connectivity index (χ2n) is 6.50. The van der Waals surface area contributed by atoms with Crippen LogP contribution in [0, 0.1) is 12.8 Å². The number of fused-ring (bicyclic) bond motifs is 1. The van der Waals surface area contributed by atoms with Crippen LogP contribution in [0.3, 0.4) is 0 Å². The van der Waals surface area contributed by atoms with E-state index in [0.717, 1.165) is 18.5 Å². The molecule has 0 aromatic heterocycles. The summed E-state index contributed by atoms with van der Waals surface area (Å²) in [6, 6.07) is 16.6. The van der Waals surface area contributed by atoms with E-state index in [0.29, 0.717) is 5.92 Å². The minimum atomic E-state index is 0.146. The molecule has 1 heterocycles. The SMILES string of the molecule is Cc1ccc(C(=O)N2CCc3ccccc3C2C(C)C)cc1. The highest BCUT2D eigenvalue weighted by atomic mass is 16.2. The predicted octanol–water partition coefficient (Wildman–Crippen LogP) is 4.39. The fourth-order valence-electron chi connectivity index (χ4n) is 3.41. The highest BCUT2D eigenvalue weighted by Crippen LogP contribution is 2.35. The van der Waals surface area contributed by atoms with E-state index in [1.54, 1.807) is 0 Å². The lowest BCUT2D eigenvalue weighted by Gasteiger charge is -2.40. The van der Waals surface area contributed by atoms with Gasteiger partial charge in [0.15, 0.2) is 0 Å². The van der Waals surface area contributed by atoms with Crippen LogP contribution in [0.15, 0.2) is 48.5 Å². The number of rotatable bonds is 2. The minimum Gasteiger partial charge on any atom is -0.331 e. The summed E-state index contributed by atoms with van der Waals surface area (Å²) in [7, 11) is 0. The summed E-state index contributed by atoms with van der Waals surface area (Å²) in [6.07, 6.45) is 0.941. The molecule has 2 nitrogen and oxygen atoms in total. The van der Waals surface area contributed by atoms with Gasteiger partial charge >= 0.3 is 0 Å². The minimum absolute atomic E-state index is 0.146. The molecule has 1 aliphatic heterocycles. The molecule has 1 aliphatic rings. The molecule has 2 aromatic carbocycles. The molecular weight excluding hydrogens is 270 g/mol. The zero-order chi connectivity index (χ0) is 15.7. The van der Waals surface area contributed by atoms with Gasteiger partial charge in [-0.15, -0.1) is 0 Å². The largest absolute Gasteiger partial charge is 0.331 e. The summed E-state index contributed by atoms with van der Waals surface area (Å²) in [4.78, 5) is 15.0. The third-order valence-corrected chi connectivity index (χ3v) is 4.52. The van der Waals surface area contributed by atoms with Crippen LogP contribution in [0.4, 0.5) is 0 Å². The molecule has 0 N–H and O–H groups in total. The number of nitrogens with zero attached hydrogens (tertiary/aromatic N) is 1. The average molecular weight is 293 g/mol. The zero-order valence-electron chi connectivity index (χ0n) is 13.5. The van der Waals surface area contributed by atoms with Crippen molar-refractivity contribution in [3.8, 4) is 0 Å². The second-order valence-corrected chi connectivity index (χ2v) is 6.50. The molecular formula is C20H23NO. The Morgan fingerprint density at radius 1 is 1.09 bits per heavy atom. The number of carbonyl (C=O) groups excluding carboxylic acids is 1. The van der Waals surface area contributed by atoms with E-state index < -0.39 is 0 Å². The molecule has 0 bridgehead atoms. The van der Waals surface area contributed by atoms with E-state index in [2.05, 4.69) is 43.0 Å². The highest BCUT2D eigenvalue weighted by molar-refractivity contribution is 5.94. The van der Waals surface area contributed by atoms with Crippen molar-refractivity contribution in [3.05, 3.63) is 70.8 Å². The molecule has 1 atom stereocenters. The first-order valence-electron chi connectivity index (χ1n) is 8.03. The van der Waals surface area contributed by atoms with Crippen molar-refractivity contribution in [1.82, 2.24) is 4.90 Å². The van der Waals surface area contributed by atoms with Crippen molar-refractivity contribution in [2.45, 2.75) is 33.2 Å². The first-order valence-corrected chi connectivity index (χ1v) is 8.03. The molecule has 1 amide bonds. The van der Waals surface area contributed by atoms with Crippen molar-refractivity contribution in [2.75, 3.05) is 6.54 Å². The van der Waals surface area contributed by atoms with Crippen LogP contribution in [0.5, 0.6) is 0 Å². The van der Waals surface area contributed by atoms with Crippen molar-refractivity contribution >= 4 is 5.91 Å². The molecule has 0 saturated heterocycles. The summed E-state index contributed by atoms with van der Waals surface area (Å²) < 4.78 is 0. The van der Waals surface area contributed by atoms with Gasteiger partial charge < -0.3 is 4.90 Å². The lowest BCUT2D eigenvalue weighted by atomic mass is 9.86. The quantitative estimate of drug-likeness (QED) is 0.804. The Labute approximate surface area is 132 Å². The molecule has 0 saturated carbocycles. The molecule has 114 valence electrons. The predicted molar refractivity (Wildman–Crippen MR) is 89.9 cm³/mol. The van der Waals surface area contributed by atoms with Gasteiger partial charge in [-0.25, -0.2) is 0 Å². The van der Waals surface area contributed by atoms with Gasteiger partial charge in [-0.3, -0.25) is 4.79 Å².